The fourth-order valence-corrected chi connectivity index (χ4v) is 3.50. The Kier molecular flexibility index (Phi) is 7.01. The monoisotopic (exact) mass is 354 g/mol. The lowest BCUT2D eigenvalue weighted by Gasteiger charge is -2.24. The van der Waals surface area contributed by atoms with Crippen molar-refractivity contribution in [1.29, 1.82) is 0 Å². The predicted octanol–water partition coefficient (Wildman–Crippen LogP) is 2.67. The molecule has 0 bridgehead atoms. The third-order valence-electron chi connectivity index (χ3n) is 4.66. The van der Waals surface area contributed by atoms with Gasteiger partial charge in [0.05, 0.1) is 12.2 Å². The first-order valence-corrected chi connectivity index (χ1v) is 9.29. The summed E-state index contributed by atoms with van der Waals surface area (Å²) in [6.07, 6.45) is 3.70. The average Bonchev–Trinajstić information content (AvgIpc) is 3.21. The largest absolute Gasteiger partial charge is 0.385 e. The zero-order chi connectivity index (χ0) is 17.6. The van der Waals surface area contributed by atoms with Crippen LogP contribution in [0.1, 0.15) is 43.0 Å². The number of rotatable bonds is 9. The smallest absolute Gasteiger partial charge is 0.193 e. The molecule has 0 aliphatic heterocycles. The van der Waals surface area contributed by atoms with E-state index < -0.39 is 0 Å². The molecule has 1 atom stereocenters. The van der Waals surface area contributed by atoms with Crippen molar-refractivity contribution in [2.45, 2.75) is 38.8 Å². The lowest BCUT2D eigenvalue weighted by molar-refractivity contribution is 0.119. The summed E-state index contributed by atoms with van der Waals surface area (Å²) in [6, 6.07) is 0. The van der Waals surface area contributed by atoms with E-state index in [1.54, 1.807) is 25.6 Å². The van der Waals surface area contributed by atoms with Crippen LogP contribution < -0.4 is 5.32 Å². The van der Waals surface area contributed by atoms with Gasteiger partial charge in [-0.25, -0.2) is 4.98 Å². The molecule has 0 spiro atoms. The van der Waals surface area contributed by atoms with E-state index in [0.717, 1.165) is 42.8 Å². The van der Waals surface area contributed by atoms with Gasteiger partial charge in [0.2, 0.25) is 0 Å². The molecule has 2 rings (SSSR count). The van der Waals surface area contributed by atoms with Gasteiger partial charge < -0.3 is 19.7 Å². The van der Waals surface area contributed by atoms with E-state index in [0.29, 0.717) is 5.41 Å². The first-order valence-electron chi connectivity index (χ1n) is 8.41. The summed E-state index contributed by atoms with van der Waals surface area (Å²) >= 11 is 1.64. The molecule has 0 radical (unpaired) electrons. The maximum atomic E-state index is 5.33. The number of hydrogen-bond acceptors (Lipinski definition) is 5. The molecule has 7 heteroatoms. The van der Waals surface area contributed by atoms with Crippen LogP contribution in [0.15, 0.2) is 10.4 Å². The van der Waals surface area contributed by atoms with Gasteiger partial charge in [-0.1, -0.05) is 0 Å². The highest BCUT2D eigenvalue weighted by Gasteiger charge is 2.42. The zero-order valence-electron chi connectivity index (χ0n) is 15.5. The Morgan fingerprint density at radius 2 is 2.25 bits per heavy atom. The molecule has 0 saturated heterocycles. The van der Waals surface area contributed by atoms with Gasteiger partial charge in [0.25, 0.3) is 0 Å². The van der Waals surface area contributed by atoms with Gasteiger partial charge in [0, 0.05) is 46.8 Å². The quantitative estimate of drug-likeness (QED) is 0.546. The van der Waals surface area contributed by atoms with E-state index in [2.05, 4.69) is 25.6 Å². The SMILES string of the molecule is CN=C(NCC1(CCOC)CC1)N(C)Cc1csc(C(C)OC)n1. The van der Waals surface area contributed by atoms with Gasteiger partial charge in [-0.3, -0.25) is 4.99 Å². The van der Waals surface area contributed by atoms with Gasteiger partial charge in [-0.05, 0) is 31.6 Å². The molecular weight excluding hydrogens is 324 g/mol. The number of aromatic nitrogens is 1. The topological polar surface area (TPSA) is 59.0 Å². The fraction of sp³-hybridized carbons (Fsp3) is 0.765. The molecule has 1 saturated carbocycles. The average molecular weight is 355 g/mol. The highest BCUT2D eigenvalue weighted by atomic mass is 32.1. The number of methoxy groups -OCH3 is 2. The number of nitrogens with one attached hydrogen (secondary N) is 1. The summed E-state index contributed by atoms with van der Waals surface area (Å²) in [6.45, 7) is 4.53. The van der Waals surface area contributed by atoms with E-state index in [-0.39, 0.29) is 6.10 Å². The Hall–Kier alpha value is -1.18. The molecule has 1 aliphatic carbocycles. The molecule has 24 heavy (non-hydrogen) atoms. The van der Waals surface area contributed by atoms with Crippen LogP contribution in [0.4, 0.5) is 0 Å². The number of aliphatic imine (C=N–C) groups is 1. The number of ether oxygens (including phenoxy) is 2. The van der Waals surface area contributed by atoms with Crippen LogP contribution >= 0.6 is 11.3 Å². The Bertz CT molecular complexity index is 542. The molecule has 1 unspecified atom stereocenters. The number of hydrogen-bond donors (Lipinski definition) is 1. The third kappa shape index (κ3) is 5.16. The number of nitrogens with zero attached hydrogens (tertiary/aromatic N) is 3. The minimum Gasteiger partial charge on any atom is -0.385 e. The predicted molar refractivity (Wildman–Crippen MR) is 98.5 cm³/mol. The van der Waals surface area contributed by atoms with E-state index in [1.807, 2.05) is 21.0 Å². The van der Waals surface area contributed by atoms with Crippen LogP contribution in [0, 0.1) is 5.41 Å². The molecule has 1 fully saturated rings. The Morgan fingerprint density at radius 1 is 1.50 bits per heavy atom. The number of thiazole rings is 1. The van der Waals surface area contributed by atoms with Gasteiger partial charge in [0.1, 0.15) is 11.1 Å². The summed E-state index contributed by atoms with van der Waals surface area (Å²) in [5.41, 5.74) is 1.44. The van der Waals surface area contributed by atoms with Gasteiger partial charge >= 0.3 is 0 Å². The van der Waals surface area contributed by atoms with Crippen LogP contribution in [-0.4, -0.2) is 57.3 Å². The van der Waals surface area contributed by atoms with E-state index in [9.17, 15) is 0 Å². The summed E-state index contributed by atoms with van der Waals surface area (Å²) in [7, 11) is 7.35. The minimum absolute atomic E-state index is 0.0435. The lowest BCUT2D eigenvalue weighted by atomic mass is 10.0. The molecule has 1 heterocycles. The van der Waals surface area contributed by atoms with Crippen molar-refractivity contribution >= 4 is 17.3 Å². The maximum absolute atomic E-state index is 5.33. The third-order valence-corrected chi connectivity index (χ3v) is 5.71. The molecule has 136 valence electrons. The zero-order valence-corrected chi connectivity index (χ0v) is 16.3. The van der Waals surface area contributed by atoms with E-state index >= 15 is 0 Å². The van der Waals surface area contributed by atoms with Crippen LogP contribution in [-0.2, 0) is 16.0 Å². The summed E-state index contributed by atoms with van der Waals surface area (Å²) in [5.74, 6) is 0.910. The molecule has 1 aromatic rings. The van der Waals surface area contributed by atoms with Gasteiger partial charge in [0.15, 0.2) is 5.96 Å². The molecular formula is C17H30N4O2S. The Morgan fingerprint density at radius 3 is 2.83 bits per heavy atom. The highest BCUT2D eigenvalue weighted by molar-refractivity contribution is 7.09. The summed E-state index contributed by atoms with van der Waals surface area (Å²) < 4.78 is 10.5. The second-order valence-corrected chi connectivity index (χ2v) is 7.44. The Labute approximate surface area is 149 Å². The Balaban J connectivity index is 1.85. The first-order chi connectivity index (χ1) is 11.5. The fourth-order valence-electron chi connectivity index (χ4n) is 2.66. The summed E-state index contributed by atoms with van der Waals surface area (Å²) in [5, 5.41) is 6.62. The van der Waals surface area contributed by atoms with Crippen LogP contribution in [0.2, 0.25) is 0 Å². The van der Waals surface area contributed by atoms with Crippen LogP contribution in [0.5, 0.6) is 0 Å². The van der Waals surface area contributed by atoms with E-state index in [4.69, 9.17) is 9.47 Å². The molecule has 1 aromatic heterocycles. The van der Waals surface area contributed by atoms with Crippen molar-refractivity contribution in [1.82, 2.24) is 15.2 Å². The molecule has 6 nitrogen and oxygen atoms in total. The minimum atomic E-state index is 0.0435. The molecule has 0 amide bonds. The van der Waals surface area contributed by atoms with Crippen LogP contribution in [0.25, 0.3) is 0 Å². The van der Waals surface area contributed by atoms with E-state index in [1.165, 1.54) is 12.8 Å². The second kappa shape index (κ2) is 8.78. The standard InChI is InChI=1S/C17H30N4O2S/c1-13(23-5)15-20-14(11-24-15)10-21(3)16(18-2)19-12-17(6-7-17)8-9-22-4/h11,13H,6-10,12H2,1-5H3,(H,18,19). The van der Waals surface area contributed by atoms with Crippen molar-refractivity contribution in [3.63, 3.8) is 0 Å². The molecule has 0 aromatic carbocycles. The van der Waals surface area contributed by atoms with Gasteiger partial charge in [-0.2, -0.15) is 0 Å². The second-order valence-electron chi connectivity index (χ2n) is 6.55. The van der Waals surface area contributed by atoms with Crippen molar-refractivity contribution in [3.05, 3.63) is 16.1 Å². The lowest BCUT2D eigenvalue weighted by Crippen LogP contribution is -2.41. The van der Waals surface area contributed by atoms with Crippen molar-refractivity contribution in [2.75, 3.05) is 41.5 Å². The normalized spacial score (nSPS) is 17.6. The first kappa shape index (κ1) is 19.1. The summed E-state index contributed by atoms with van der Waals surface area (Å²) in [4.78, 5) is 11.2. The molecule has 1 N–H and O–H groups in total. The van der Waals surface area contributed by atoms with Gasteiger partial charge in [-0.15, -0.1) is 11.3 Å². The van der Waals surface area contributed by atoms with Crippen molar-refractivity contribution in [3.8, 4) is 0 Å². The van der Waals surface area contributed by atoms with Crippen molar-refractivity contribution in [2.24, 2.45) is 10.4 Å². The molecule has 1 aliphatic rings. The van der Waals surface area contributed by atoms with Crippen LogP contribution in [0.3, 0.4) is 0 Å². The number of guanidine groups is 1. The van der Waals surface area contributed by atoms with Crippen molar-refractivity contribution < 1.29 is 9.47 Å². The highest BCUT2D eigenvalue weighted by Crippen LogP contribution is 2.48. The maximum Gasteiger partial charge on any atom is 0.193 e.